The highest BCUT2D eigenvalue weighted by atomic mass is 35.5. The van der Waals surface area contributed by atoms with Crippen LogP contribution in [0.1, 0.15) is 5.69 Å². The maximum Gasteiger partial charge on any atom is 0.222 e. The van der Waals surface area contributed by atoms with E-state index in [0.29, 0.717) is 22.3 Å². The molecule has 1 heterocycles. The summed E-state index contributed by atoms with van der Waals surface area (Å²) in [6.07, 6.45) is 0. The number of benzene rings is 1. The number of ether oxygens (including phenoxy) is 1. The van der Waals surface area contributed by atoms with E-state index in [1.807, 2.05) is 6.92 Å². The summed E-state index contributed by atoms with van der Waals surface area (Å²) in [5, 5.41) is 3.66. The Morgan fingerprint density at radius 2 is 2.06 bits per heavy atom. The average Bonchev–Trinajstić information content (AvgIpc) is 2.30. The molecule has 1 aromatic heterocycles. The number of methoxy groups -OCH3 is 1. The molecule has 0 spiro atoms. The van der Waals surface area contributed by atoms with Gasteiger partial charge in [0.15, 0.2) is 0 Å². The van der Waals surface area contributed by atoms with Crippen molar-refractivity contribution in [1.29, 1.82) is 0 Å². The number of aromatic nitrogens is 2. The first-order valence-electron chi connectivity index (χ1n) is 5.30. The fraction of sp³-hybridized carbons (Fsp3) is 0.167. The Morgan fingerprint density at radius 3 is 2.72 bits per heavy atom. The Hall–Kier alpha value is -2.01. The van der Waals surface area contributed by atoms with Crippen LogP contribution in [0.4, 0.5) is 17.5 Å². The van der Waals surface area contributed by atoms with Crippen LogP contribution in [0.15, 0.2) is 24.3 Å². The van der Waals surface area contributed by atoms with E-state index in [1.54, 1.807) is 31.4 Å². The first-order valence-corrected chi connectivity index (χ1v) is 5.68. The smallest absolute Gasteiger partial charge is 0.222 e. The Morgan fingerprint density at radius 1 is 1.28 bits per heavy atom. The van der Waals surface area contributed by atoms with Gasteiger partial charge in [-0.1, -0.05) is 11.6 Å². The number of nitrogen functional groups attached to an aromatic ring is 1. The molecule has 5 nitrogen and oxygen atoms in total. The summed E-state index contributed by atoms with van der Waals surface area (Å²) in [7, 11) is 1.60. The number of halogens is 1. The summed E-state index contributed by atoms with van der Waals surface area (Å²) in [6, 6.07) is 7.11. The third-order valence-electron chi connectivity index (χ3n) is 2.31. The van der Waals surface area contributed by atoms with E-state index in [4.69, 9.17) is 22.1 Å². The van der Waals surface area contributed by atoms with Gasteiger partial charge in [-0.25, -0.2) is 4.98 Å². The SMILES string of the molecule is COc1ccc(Cl)c(Nc2cc(C)nc(N)n2)c1. The molecule has 0 aliphatic carbocycles. The predicted molar refractivity (Wildman–Crippen MR) is 72.5 cm³/mol. The highest BCUT2D eigenvalue weighted by Gasteiger charge is 2.05. The van der Waals surface area contributed by atoms with E-state index in [1.165, 1.54) is 0 Å². The highest BCUT2D eigenvalue weighted by molar-refractivity contribution is 6.33. The Balaban J connectivity index is 2.33. The molecule has 0 saturated heterocycles. The molecule has 0 fully saturated rings. The number of nitrogens with zero attached hydrogens (tertiary/aromatic N) is 2. The van der Waals surface area contributed by atoms with Gasteiger partial charge in [-0.2, -0.15) is 4.98 Å². The molecule has 0 amide bonds. The van der Waals surface area contributed by atoms with Gasteiger partial charge in [0.1, 0.15) is 11.6 Å². The molecule has 18 heavy (non-hydrogen) atoms. The van der Waals surface area contributed by atoms with Gasteiger partial charge in [0, 0.05) is 17.8 Å². The third-order valence-corrected chi connectivity index (χ3v) is 2.64. The van der Waals surface area contributed by atoms with Gasteiger partial charge in [-0.3, -0.25) is 0 Å². The zero-order chi connectivity index (χ0) is 13.1. The second kappa shape index (κ2) is 5.10. The summed E-state index contributed by atoms with van der Waals surface area (Å²) < 4.78 is 5.14. The fourth-order valence-corrected chi connectivity index (χ4v) is 1.69. The van der Waals surface area contributed by atoms with Crippen LogP contribution in [0, 0.1) is 6.92 Å². The van der Waals surface area contributed by atoms with Crippen molar-refractivity contribution in [2.24, 2.45) is 0 Å². The largest absolute Gasteiger partial charge is 0.497 e. The lowest BCUT2D eigenvalue weighted by Crippen LogP contribution is -2.01. The molecule has 0 atom stereocenters. The van der Waals surface area contributed by atoms with Crippen molar-refractivity contribution < 1.29 is 4.74 Å². The number of rotatable bonds is 3. The molecule has 3 N–H and O–H groups in total. The number of nitrogens with two attached hydrogens (primary N) is 1. The van der Waals surface area contributed by atoms with Crippen molar-refractivity contribution in [3.8, 4) is 5.75 Å². The van der Waals surface area contributed by atoms with Gasteiger partial charge in [-0.05, 0) is 19.1 Å². The summed E-state index contributed by atoms with van der Waals surface area (Å²) >= 11 is 6.09. The molecule has 2 rings (SSSR count). The lowest BCUT2D eigenvalue weighted by Gasteiger charge is -2.10. The Labute approximate surface area is 110 Å². The lowest BCUT2D eigenvalue weighted by molar-refractivity contribution is 0.415. The van der Waals surface area contributed by atoms with Crippen LogP contribution in [0.2, 0.25) is 5.02 Å². The first-order chi connectivity index (χ1) is 8.58. The molecule has 0 unspecified atom stereocenters. The summed E-state index contributed by atoms with van der Waals surface area (Å²) in [6.45, 7) is 1.84. The summed E-state index contributed by atoms with van der Waals surface area (Å²) in [5.41, 5.74) is 7.07. The number of aryl methyl sites for hydroxylation is 1. The highest BCUT2D eigenvalue weighted by Crippen LogP contribution is 2.29. The molecule has 94 valence electrons. The van der Waals surface area contributed by atoms with Crippen molar-refractivity contribution in [2.45, 2.75) is 6.92 Å². The van der Waals surface area contributed by atoms with E-state index in [2.05, 4.69) is 15.3 Å². The average molecular weight is 265 g/mol. The maximum atomic E-state index is 6.09. The molecule has 0 aliphatic rings. The Bertz CT molecular complexity index is 554. The van der Waals surface area contributed by atoms with Gasteiger partial charge in [0.2, 0.25) is 5.95 Å². The molecular weight excluding hydrogens is 252 g/mol. The molecule has 0 saturated carbocycles. The van der Waals surface area contributed by atoms with E-state index in [9.17, 15) is 0 Å². The van der Waals surface area contributed by atoms with E-state index >= 15 is 0 Å². The van der Waals surface area contributed by atoms with Crippen molar-refractivity contribution in [2.75, 3.05) is 18.2 Å². The second-order valence-corrected chi connectivity index (χ2v) is 4.13. The van der Waals surface area contributed by atoms with Crippen molar-refractivity contribution in [3.63, 3.8) is 0 Å². The number of hydrogen-bond donors (Lipinski definition) is 2. The van der Waals surface area contributed by atoms with Crippen molar-refractivity contribution in [1.82, 2.24) is 9.97 Å². The molecule has 1 aromatic carbocycles. The lowest BCUT2D eigenvalue weighted by atomic mass is 10.3. The monoisotopic (exact) mass is 264 g/mol. The van der Waals surface area contributed by atoms with Gasteiger partial charge < -0.3 is 15.8 Å². The minimum Gasteiger partial charge on any atom is -0.497 e. The van der Waals surface area contributed by atoms with Crippen LogP contribution in [0.25, 0.3) is 0 Å². The second-order valence-electron chi connectivity index (χ2n) is 3.72. The van der Waals surface area contributed by atoms with Crippen LogP contribution in [-0.2, 0) is 0 Å². The minimum atomic E-state index is 0.219. The third kappa shape index (κ3) is 2.81. The molecule has 6 heteroatoms. The van der Waals surface area contributed by atoms with Gasteiger partial charge >= 0.3 is 0 Å². The normalized spacial score (nSPS) is 10.2. The van der Waals surface area contributed by atoms with Crippen LogP contribution < -0.4 is 15.8 Å². The Kier molecular flexibility index (Phi) is 3.53. The minimum absolute atomic E-state index is 0.219. The van der Waals surface area contributed by atoms with Crippen LogP contribution >= 0.6 is 11.6 Å². The molecular formula is C12H13ClN4O. The summed E-state index contributed by atoms with van der Waals surface area (Å²) in [4.78, 5) is 8.08. The zero-order valence-corrected chi connectivity index (χ0v) is 10.8. The van der Waals surface area contributed by atoms with Crippen molar-refractivity contribution in [3.05, 3.63) is 35.0 Å². The quantitative estimate of drug-likeness (QED) is 0.892. The van der Waals surface area contributed by atoms with Crippen molar-refractivity contribution >= 4 is 29.1 Å². The number of hydrogen-bond acceptors (Lipinski definition) is 5. The standard InChI is InChI=1S/C12H13ClN4O/c1-7-5-11(17-12(14)15-7)16-10-6-8(18-2)3-4-9(10)13/h3-6H,1-2H3,(H3,14,15,16,17). The first kappa shape index (κ1) is 12.4. The topological polar surface area (TPSA) is 73.1 Å². The van der Waals surface area contributed by atoms with Gasteiger partial charge in [-0.15, -0.1) is 0 Å². The molecule has 0 bridgehead atoms. The van der Waals surface area contributed by atoms with Gasteiger partial charge in [0.05, 0.1) is 17.8 Å². The predicted octanol–water partition coefficient (Wildman–Crippen LogP) is 2.77. The van der Waals surface area contributed by atoms with Crippen LogP contribution in [0.3, 0.4) is 0 Å². The number of nitrogens with one attached hydrogen (secondary N) is 1. The molecule has 0 aliphatic heterocycles. The van der Waals surface area contributed by atoms with E-state index in [0.717, 1.165) is 5.69 Å². The van der Waals surface area contributed by atoms with Crippen LogP contribution in [-0.4, -0.2) is 17.1 Å². The molecule has 2 aromatic rings. The van der Waals surface area contributed by atoms with E-state index in [-0.39, 0.29) is 5.95 Å². The van der Waals surface area contributed by atoms with Crippen LogP contribution in [0.5, 0.6) is 5.75 Å². The summed E-state index contributed by atoms with van der Waals surface area (Å²) in [5.74, 6) is 1.52. The van der Waals surface area contributed by atoms with E-state index < -0.39 is 0 Å². The maximum absolute atomic E-state index is 6.09. The molecule has 0 radical (unpaired) electrons. The zero-order valence-electron chi connectivity index (χ0n) is 10.1. The number of anilines is 3. The van der Waals surface area contributed by atoms with Gasteiger partial charge in [0.25, 0.3) is 0 Å². The fourth-order valence-electron chi connectivity index (χ4n) is 1.52.